The predicted molar refractivity (Wildman–Crippen MR) is 110 cm³/mol. The summed E-state index contributed by atoms with van der Waals surface area (Å²) in [6.45, 7) is 1.01. The van der Waals surface area contributed by atoms with Gasteiger partial charge in [0.2, 0.25) is 15.9 Å². The predicted octanol–water partition coefficient (Wildman–Crippen LogP) is 1.92. The van der Waals surface area contributed by atoms with Crippen molar-refractivity contribution in [2.45, 2.75) is 50.2 Å². The van der Waals surface area contributed by atoms with Crippen molar-refractivity contribution >= 4 is 21.6 Å². The maximum absolute atomic E-state index is 12.5. The number of ether oxygens (including phenoxy) is 1. The normalized spacial score (nSPS) is 27.0. The van der Waals surface area contributed by atoms with E-state index in [9.17, 15) is 13.2 Å². The van der Waals surface area contributed by atoms with Gasteiger partial charge >= 0.3 is 0 Å². The zero-order chi connectivity index (χ0) is 20.1. The Kier molecular flexibility index (Phi) is 6.95. The average Bonchev–Trinajstić information content (AvgIpc) is 2.67. The largest absolute Gasteiger partial charge is 0.376 e. The van der Waals surface area contributed by atoms with Crippen molar-refractivity contribution in [2.24, 2.45) is 0 Å². The Morgan fingerprint density at radius 3 is 2.61 bits per heavy atom. The monoisotopic (exact) mass is 409 g/mol. The molecule has 28 heavy (non-hydrogen) atoms. The molecule has 0 aromatic heterocycles. The summed E-state index contributed by atoms with van der Waals surface area (Å²) < 4.78 is 31.8. The molecule has 0 saturated heterocycles. The minimum atomic E-state index is -3.28. The minimum Gasteiger partial charge on any atom is -0.376 e. The molecule has 1 unspecified atom stereocenters. The summed E-state index contributed by atoms with van der Waals surface area (Å²) in [5.41, 5.74) is 2.31. The Hall–Kier alpha value is -1.64. The first kappa shape index (κ1) is 21.1. The Morgan fingerprint density at radius 1 is 1.18 bits per heavy atom. The molecular formula is C20H31N3O4S. The van der Waals surface area contributed by atoms with Gasteiger partial charge in [0.25, 0.3) is 0 Å². The third kappa shape index (κ3) is 5.93. The van der Waals surface area contributed by atoms with Crippen molar-refractivity contribution < 1.29 is 17.9 Å². The van der Waals surface area contributed by atoms with Crippen LogP contribution in [-0.4, -0.2) is 64.4 Å². The van der Waals surface area contributed by atoms with Gasteiger partial charge in [-0.25, -0.2) is 13.1 Å². The Labute approximate surface area is 167 Å². The molecule has 156 valence electrons. The summed E-state index contributed by atoms with van der Waals surface area (Å²) in [6.07, 6.45) is 5.63. The number of rotatable bonds is 3. The summed E-state index contributed by atoms with van der Waals surface area (Å²) in [4.78, 5) is 14.2. The van der Waals surface area contributed by atoms with Crippen LogP contribution in [0.2, 0.25) is 0 Å². The lowest BCUT2D eigenvalue weighted by molar-refractivity contribution is -0.128. The number of hydrogen-bond donors (Lipinski definition) is 2. The van der Waals surface area contributed by atoms with Crippen LogP contribution in [0.1, 0.15) is 43.6 Å². The van der Waals surface area contributed by atoms with E-state index in [1.807, 2.05) is 18.2 Å². The second kappa shape index (κ2) is 9.24. The zero-order valence-corrected chi connectivity index (χ0v) is 17.5. The molecule has 1 aromatic rings. The van der Waals surface area contributed by atoms with Crippen molar-refractivity contribution in [3.8, 4) is 0 Å². The van der Waals surface area contributed by atoms with Gasteiger partial charge in [-0.2, -0.15) is 0 Å². The fourth-order valence-corrected chi connectivity index (χ4v) is 4.52. The van der Waals surface area contributed by atoms with Gasteiger partial charge in [0.1, 0.15) is 0 Å². The van der Waals surface area contributed by atoms with E-state index in [2.05, 4.69) is 16.1 Å². The summed E-state index contributed by atoms with van der Waals surface area (Å²) in [6, 6.07) is 8.24. The van der Waals surface area contributed by atoms with Gasteiger partial charge in [0.15, 0.2) is 0 Å². The van der Waals surface area contributed by atoms with Gasteiger partial charge in [0.05, 0.1) is 25.0 Å². The van der Waals surface area contributed by atoms with Crippen molar-refractivity contribution in [2.75, 3.05) is 38.3 Å². The van der Waals surface area contributed by atoms with Crippen LogP contribution in [0.25, 0.3) is 0 Å². The third-order valence-corrected chi connectivity index (χ3v) is 6.37. The lowest BCUT2D eigenvalue weighted by Crippen LogP contribution is -2.40. The van der Waals surface area contributed by atoms with E-state index in [-0.39, 0.29) is 31.2 Å². The van der Waals surface area contributed by atoms with Crippen LogP contribution >= 0.6 is 0 Å². The maximum Gasteiger partial charge on any atom is 0.241 e. The highest BCUT2D eigenvalue weighted by atomic mass is 32.2. The molecule has 7 nitrogen and oxygen atoms in total. The molecule has 1 amide bonds. The van der Waals surface area contributed by atoms with E-state index in [0.29, 0.717) is 18.9 Å². The van der Waals surface area contributed by atoms with Crippen molar-refractivity contribution in [3.63, 3.8) is 0 Å². The standard InChI is InChI=1S/C20H31N3O4S/c1-23-12-11-17(13-22-28(2,25)26)27-16-9-7-15(8-10-16)18-5-3-4-6-19(18)21-14-20(23)24/h3-6,15-17,21-22H,7-14H2,1-2H3/t15-,16+,17?. The molecule has 8 heteroatoms. The van der Waals surface area contributed by atoms with E-state index in [1.54, 1.807) is 11.9 Å². The highest BCUT2D eigenvalue weighted by Crippen LogP contribution is 2.37. The molecule has 2 N–H and O–H groups in total. The van der Waals surface area contributed by atoms with Gasteiger partial charge in [-0.05, 0) is 49.7 Å². The summed E-state index contributed by atoms with van der Waals surface area (Å²) in [7, 11) is -1.50. The first-order chi connectivity index (χ1) is 13.3. The molecule has 1 aliphatic carbocycles. The number of nitrogens with zero attached hydrogens (tertiary/aromatic N) is 1. The molecule has 1 saturated carbocycles. The van der Waals surface area contributed by atoms with Crippen LogP contribution in [0.15, 0.2) is 24.3 Å². The topological polar surface area (TPSA) is 87.7 Å². The lowest BCUT2D eigenvalue weighted by atomic mass is 9.82. The molecule has 4 rings (SSSR count). The van der Waals surface area contributed by atoms with Gasteiger partial charge < -0.3 is 15.0 Å². The van der Waals surface area contributed by atoms with Crippen LogP contribution in [0, 0.1) is 0 Å². The molecule has 2 bridgehead atoms. The molecule has 3 aliphatic rings. The Balaban J connectivity index is 1.76. The lowest BCUT2D eigenvalue weighted by Gasteiger charge is -2.33. The fourth-order valence-electron chi connectivity index (χ4n) is 4.03. The second-order valence-electron chi connectivity index (χ2n) is 7.90. The highest BCUT2D eigenvalue weighted by Gasteiger charge is 2.27. The summed E-state index contributed by atoms with van der Waals surface area (Å²) in [5, 5.41) is 3.32. The number of anilines is 1. The van der Waals surface area contributed by atoms with E-state index < -0.39 is 10.0 Å². The minimum absolute atomic E-state index is 0.00634. The number of amides is 1. The number of para-hydroxylation sites is 1. The van der Waals surface area contributed by atoms with Gasteiger partial charge in [0, 0.05) is 25.8 Å². The van der Waals surface area contributed by atoms with Crippen LogP contribution in [0.5, 0.6) is 0 Å². The number of likely N-dealkylation sites (N-methyl/N-ethyl adjacent to an activating group) is 1. The number of carbonyl (C=O) groups excluding carboxylic acids is 1. The first-order valence-electron chi connectivity index (χ1n) is 9.98. The SMILES string of the molecule is CN1CCC(CNS(C)(=O)=O)O[C@H]2CC[C@H](CC2)c2ccccc2NCC1=O. The molecule has 0 radical (unpaired) electrons. The molecule has 1 atom stereocenters. The van der Waals surface area contributed by atoms with Gasteiger partial charge in [-0.15, -0.1) is 0 Å². The van der Waals surface area contributed by atoms with Gasteiger partial charge in [-0.3, -0.25) is 4.79 Å². The maximum atomic E-state index is 12.5. The number of fused-ring (bicyclic) bond motifs is 9. The number of carbonyl (C=O) groups is 1. The number of sulfonamides is 1. The molecule has 1 aromatic carbocycles. The smallest absolute Gasteiger partial charge is 0.241 e. The van der Waals surface area contributed by atoms with Gasteiger partial charge in [-0.1, -0.05) is 18.2 Å². The van der Waals surface area contributed by atoms with E-state index in [1.165, 1.54) is 5.56 Å². The summed E-state index contributed by atoms with van der Waals surface area (Å²) in [5.74, 6) is 0.457. The number of benzene rings is 1. The van der Waals surface area contributed by atoms with Crippen LogP contribution in [0.3, 0.4) is 0 Å². The van der Waals surface area contributed by atoms with Crippen LogP contribution in [0.4, 0.5) is 5.69 Å². The quantitative estimate of drug-likeness (QED) is 0.796. The molecule has 2 aliphatic heterocycles. The fraction of sp³-hybridized carbons (Fsp3) is 0.650. The third-order valence-electron chi connectivity index (χ3n) is 5.68. The van der Waals surface area contributed by atoms with Crippen molar-refractivity contribution in [1.82, 2.24) is 9.62 Å². The van der Waals surface area contributed by atoms with E-state index >= 15 is 0 Å². The number of nitrogens with one attached hydrogen (secondary N) is 2. The summed E-state index contributed by atoms with van der Waals surface area (Å²) >= 11 is 0. The molecule has 1 fully saturated rings. The zero-order valence-electron chi connectivity index (χ0n) is 16.7. The Bertz CT molecular complexity index is 775. The van der Waals surface area contributed by atoms with Crippen LogP contribution < -0.4 is 10.0 Å². The van der Waals surface area contributed by atoms with Crippen LogP contribution in [-0.2, 0) is 19.6 Å². The average molecular weight is 410 g/mol. The van der Waals surface area contributed by atoms with E-state index in [0.717, 1.165) is 37.6 Å². The van der Waals surface area contributed by atoms with E-state index in [4.69, 9.17) is 4.74 Å². The molecule has 0 spiro atoms. The molecule has 2 heterocycles. The molecular weight excluding hydrogens is 378 g/mol. The first-order valence-corrected chi connectivity index (χ1v) is 11.9. The number of hydrogen-bond acceptors (Lipinski definition) is 5. The highest BCUT2D eigenvalue weighted by molar-refractivity contribution is 7.88. The Morgan fingerprint density at radius 2 is 1.89 bits per heavy atom. The van der Waals surface area contributed by atoms with Crippen molar-refractivity contribution in [3.05, 3.63) is 29.8 Å². The second-order valence-corrected chi connectivity index (χ2v) is 9.73. The van der Waals surface area contributed by atoms with Crippen molar-refractivity contribution in [1.29, 1.82) is 0 Å².